The summed E-state index contributed by atoms with van der Waals surface area (Å²) in [5, 5.41) is 16.0. The minimum atomic E-state index is -0.776. The van der Waals surface area contributed by atoms with Crippen molar-refractivity contribution in [3.05, 3.63) is 24.7 Å². The lowest BCUT2D eigenvalue weighted by molar-refractivity contribution is -0.141. The summed E-state index contributed by atoms with van der Waals surface area (Å²) in [5.41, 5.74) is 0.885. The molecule has 2 N–H and O–H groups in total. The van der Waals surface area contributed by atoms with E-state index in [2.05, 4.69) is 15.4 Å². The van der Waals surface area contributed by atoms with Gasteiger partial charge in [0.05, 0.1) is 12.1 Å². The van der Waals surface area contributed by atoms with Gasteiger partial charge in [0.2, 0.25) is 0 Å². The molecule has 1 atom stereocenters. The normalized spacial score (nSPS) is 12.5. The lowest BCUT2D eigenvalue weighted by Gasteiger charge is -2.08. The molecule has 0 amide bonds. The Morgan fingerprint density at radius 3 is 3.18 bits per heavy atom. The second kappa shape index (κ2) is 4.82. The van der Waals surface area contributed by atoms with Gasteiger partial charge in [-0.3, -0.25) is 4.79 Å². The average Bonchev–Trinajstić information content (AvgIpc) is 2.77. The van der Waals surface area contributed by atoms with Crippen LogP contribution in [-0.4, -0.2) is 32.2 Å². The number of carbonyl (C=O) groups is 1. The number of carboxylic acid groups (broad SMARTS) is 1. The molecule has 0 aliphatic rings. The summed E-state index contributed by atoms with van der Waals surface area (Å²) in [6, 6.07) is 1.86. The van der Waals surface area contributed by atoms with E-state index in [1.165, 1.54) is 0 Å². The molecule has 2 aromatic heterocycles. The van der Waals surface area contributed by atoms with Crippen molar-refractivity contribution in [2.75, 3.05) is 11.9 Å². The molecule has 0 aliphatic heterocycles. The Balaban J connectivity index is 1.99. The Morgan fingerprint density at radius 1 is 1.59 bits per heavy atom. The summed E-state index contributed by atoms with van der Waals surface area (Å²) < 4.78 is 1.72. The lowest BCUT2D eigenvalue weighted by Crippen LogP contribution is -2.15. The Bertz CT molecular complexity index is 523. The van der Waals surface area contributed by atoms with Crippen LogP contribution in [0.2, 0.25) is 0 Å². The van der Waals surface area contributed by atoms with E-state index in [4.69, 9.17) is 5.11 Å². The van der Waals surface area contributed by atoms with Crippen LogP contribution >= 0.6 is 0 Å². The SMILES string of the molecule is CC(CCNc1nccn2nccc12)C(=O)O. The maximum atomic E-state index is 10.7. The van der Waals surface area contributed by atoms with Gasteiger partial charge in [0.1, 0.15) is 5.52 Å². The molecule has 0 saturated carbocycles. The highest BCUT2D eigenvalue weighted by molar-refractivity contribution is 5.70. The smallest absolute Gasteiger partial charge is 0.306 e. The first-order chi connectivity index (χ1) is 8.18. The first kappa shape index (κ1) is 11.4. The van der Waals surface area contributed by atoms with Gasteiger partial charge >= 0.3 is 5.97 Å². The van der Waals surface area contributed by atoms with E-state index in [1.54, 1.807) is 30.0 Å². The molecule has 6 heteroatoms. The summed E-state index contributed by atoms with van der Waals surface area (Å²) in [6.07, 6.45) is 5.68. The zero-order chi connectivity index (χ0) is 12.3. The summed E-state index contributed by atoms with van der Waals surface area (Å²) >= 11 is 0. The third-order valence-corrected chi connectivity index (χ3v) is 2.62. The fourth-order valence-electron chi connectivity index (χ4n) is 1.52. The predicted octanol–water partition coefficient (Wildman–Crippen LogP) is 1.25. The van der Waals surface area contributed by atoms with Crippen molar-refractivity contribution in [3.8, 4) is 0 Å². The average molecular weight is 234 g/mol. The van der Waals surface area contributed by atoms with Gasteiger partial charge in [-0.2, -0.15) is 5.10 Å². The molecule has 0 bridgehead atoms. The van der Waals surface area contributed by atoms with Crippen LogP contribution in [0.4, 0.5) is 5.82 Å². The zero-order valence-corrected chi connectivity index (χ0v) is 9.50. The molecule has 0 spiro atoms. The number of rotatable bonds is 5. The van der Waals surface area contributed by atoms with Gasteiger partial charge < -0.3 is 10.4 Å². The number of hydrogen-bond acceptors (Lipinski definition) is 4. The molecule has 2 aromatic rings. The highest BCUT2D eigenvalue weighted by Crippen LogP contribution is 2.12. The molecule has 0 radical (unpaired) electrons. The van der Waals surface area contributed by atoms with Crippen molar-refractivity contribution in [2.45, 2.75) is 13.3 Å². The van der Waals surface area contributed by atoms with Gasteiger partial charge in [0.15, 0.2) is 5.82 Å². The third kappa shape index (κ3) is 2.52. The van der Waals surface area contributed by atoms with Crippen LogP contribution in [0.15, 0.2) is 24.7 Å². The highest BCUT2D eigenvalue weighted by atomic mass is 16.4. The number of hydrogen-bond donors (Lipinski definition) is 2. The van der Waals surface area contributed by atoms with E-state index in [-0.39, 0.29) is 5.92 Å². The molecule has 0 fully saturated rings. The number of fused-ring (bicyclic) bond motifs is 1. The topological polar surface area (TPSA) is 79.5 Å². The Labute approximate surface area is 98.3 Å². The van der Waals surface area contributed by atoms with Crippen LogP contribution in [-0.2, 0) is 4.79 Å². The first-order valence-corrected chi connectivity index (χ1v) is 5.43. The molecule has 17 heavy (non-hydrogen) atoms. The van der Waals surface area contributed by atoms with Gasteiger partial charge in [0.25, 0.3) is 0 Å². The summed E-state index contributed by atoms with van der Waals surface area (Å²) in [4.78, 5) is 14.9. The molecular weight excluding hydrogens is 220 g/mol. The van der Waals surface area contributed by atoms with E-state index in [0.29, 0.717) is 13.0 Å². The van der Waals surface area contributed by atoms with E-state index >= 15 is 0 Å². The van der Waals surface area contributed by atoms with Gasteiger partial charge in [-0.15, -0.1) is 0 Å². The molecular formula is C11H14N4O2. The van der Waals surface area contributed by atoms with Crippen molar-refractivity contribution >= 4 is 17.3 Å². The van der Waals surface area contributed by atoms with Crippen molar-refractivity contribution < 1.29 is 9.90 Å². The fraction of sp³-hybridized carbons (Fsp3) is 0.364. The monoisotopic (exact) mass is 234 g/mol. The van der Waals surface area contributed by atoms with E-state index in [9.17, 15) is 4.79 Å². The Hall–Kier alpha value is -2.11. The molecule has 2 rings (SSSR count). The van der Waals surface area contributed by atoms with Crippen LogP contribution in [0.1, 0.15) is 13.3 Å². The standard InChI is InChI=1S/C11H14N4O2/c1-8(11(16)17)2-4-12-10-9-3-5-14-15(9)7-6-13-10/h3,5-8H,2,4H2,1H3,(H,12,13)(H,16,17). The number of nitrogens with zero attached hydrogens (tertiary/aromatic N) is 3. The van der Waals surface area contributed by atoms with Crippen molar-refractivity contribution in [3.63, 3.8) is 0 Å². The Kier molecular flexibility index (Phi) is 3.22. The minimum Gasteiger partial charge on any atom is -0.481 e. The number of aliphatic carboxylic acids is 1. The van der Waals surface area contributed by atoms with E-state index in [1.807, 2.05) is 6.07 Å². The molecule has 2 heterocycles. The van der Waals surface area contributed by atoms with Gasteiger partial charge in [-0.25, -0.2) is 9.50 Å². The van der Waals surface area contributed by atoms with Crippen LogP contribution in [0.5, 0.6) is 0 Å². The largest absolute Gasteiger partial charge is 0.481 e. The lowest BCUT2D eigenvalue weighted by atomic mass is 10.1. The van der Waals surface area contributed by atoms with Gasteiger partial charge in [0, 0.05) is 18.9 Å². The quantitative estimate of drug-likeness (QED) is 0.814. The third-order valence-electron chi connectivity index (χ3n) is 2.62. The molecule has 90 valence electrons. The second-order valence-electron chi connectivity index (χ2n) is 3.89. The summed E-state index contributed by atoms with van der Waals surface area (Å²) in [6.45, 7) is 2.27. The molecule has 6 nitrogen and oxygen atoms in total. The van der Waals surface area contributed by atoms with Gasteiger partial charge in [-0.1, -0.05) is 6.92 Å². The van der Waals surface area contributed by atoms with E-state index in [0.717, 1.165) is 11.3 Å². The number of aromatic nitrogens is 3. The molecule has 0 aromatic carbocycles. The number of anilines is 1. The van der Waals surface area contributed by atoms with E-state index < -0.39 is 5.97 Å². The van der Waals surface area contributed by atoms with Crippen molar-refractivity contribution in [1.29, 1.82) is 0 Å². The summed E-state index contributed by atoms with van der Waals surface area (Å²) in [7, 11) is 0. The second-order valence-corrected chi connectivity index (χ2v) is 3.89. The maximum Gasteiger partial charge on any atom is 0.306 e. The van der Waals surface area contributed by atoms with Crippen molar-refractivity contribution in [1.82, 2.24) is 14.6 Å². The van der Waals surface area contributed by atoms with Crippen LogP contribution in [0.25, 0.3) is 5.52 Å². The first-order valence-electron chi connectivity index (χ1n) is 5.43. The van der Waals surface area contributed by atoms with Gasteiger partial charge in [-0.05, 0) is 12.5 Å². The summed E-state index contributed by atoms with van der Waals surface area (Å²) in [5.74, 6) is -0.406. The van der Waals surface area contributed by atoms with Crippen LogP contribution in [0, 0.1) is 5.92 Å². The minimum absolute atomic E-state index is 0.354. The maximum absolute atomic E-state index is 10.7. The van der Waals surface area contributed by atoms with Crippen molar-refractivity contribution in [2.24, 2.45) is 5.92 Å². The number of carboxylic acids is 1. The molecule has 1 unspecified atom stereocenters. The molecule has 0 aliphatic carbocycles. The zero-order valence-electron chi connectivity index (χ0n) is 9.50. The molecule has 0 saturated heterocycles. The van der Waals surface area contributed by atoms with Crippen LogP contribution in [0.3, 0.4) is 0 Å². The predicted molar refractivity (Wildman–Crippen MR) is 62.9 cm³/mol. The number of nitrogens with one attached hydrogen (secondary N) is 1. The fourth-order valence-corrected chi connectivity index (χ4v) is 1.52. The van der Waals surface area contributed by atoms with Crippen LogP contribution < -0.4 is 5.32 Å². The Morgan fingerprint density at radius 2 is 2.41 bits per heavy atom. The highest BCUT2D eigenvalue weighted by Gasteiger charge is 2.10.